The SMILES string of the molecule is N#CC(=Cc1cc(Cl)ccc1OCc1ccc(C(=O)O)cc1)C(=O)Nc1cccc([N+](=O)[O-])c1. The van der Waals surface area contributed by atoms with Gasteiger partial charge in [-0.2, -0.15) is 5.26 Å². The van der Waals surface area contributed by atoms with E-state index in [4.69, 9.17) is 21.4 Å². The Hall–Kier alpha value is -4.68. The van der Waals surface area contributed by atoms with Crippen molar-refractivity contribution in [3.63, 3.8) is 0 Å². The number of carbonyl (C=O) groups excluding carboxylic acids is 1. The molecule has 0 saturated heterocycles. The topological polar surface area (TPSA) is 143 Å². The molecule has 170 valence electrons. The number of halogens is 1. The average molecular weight is 478 g/mol. The van der Waals surface area contributed by atoms with Gasteiger partial charge in [0.15, 0.2) is 0 Å². The van der Waals surface area contributed by atoms with Crippen LogP contribution < -0.4 is 10.1 Å². The number of hydrogen-bond donors (Lipinski definition) is 2. The lowest BCUT2D eigenvalue weighted by atomic mass is 10.1. The van der Waals surface area contributed by atoms with E-state index < -0.39 is 16.8 Å². The van der Waals surface area contributed by atoms with Gasteiger partial charge in [-0.05, 0) is 48.0 Å². The van der Waals surface area contributed by atoms with Gasteiger partial charge in [-0.25, -0.2) is 4.79 Å². The first-order chi connectivity index (χ1) is 16.3. The van der Waals surface area contributed by atoms with Gasteiger partial charge >= 0.3 is 5.97 Å². The minimum Gasteiger partial charge on any atom is -0.488 e. The van der Waals surface area contributed by atoms with Crippen LogP contribution >= 0.6 is 11.6 Å². The molecule has 1 amide bonds. The Morgan fingerprint density at radius 2 is 1.88 bits per heavy atom. The number of non-ortho nitro benzene ring substituents is 1. The lowest BCUT2D eigenvalue weighted by Gasteiger charge is -2.11. The van der Waals surface area contributed by atoms with Crippen LogP contribution in [0.15, 0.2) is 72.3 Å². The third-order valence-electron chi connectivity index (χ3n) is 4.55. The van der Waals surface area contributed by atoms with Gasteiger partial charge in [0.1, 0.15) is 24.0 Å². The molecule has 0 fully saturated rings. The quantitative estimate of drug-likeness (QED) is 0.199. The highest BCUT2D eigenvalue weighted by Gasteiger charge is 2.14. The van der Waals surface area contributed by atoms with Gasteiger partial charge in [-0.15, -0.1) is 0 Å². The van der Waals surface area contributed by atoms with Gasteiger partial charge in [0.25, 0.3) is 11.6 Å². The number of aromatic carboxylic acids is 1. The van der Waals surface area contributed by atoms with Crippen molar-refractivity contribution in [3.8, 4) is 11.8 Å². The molecule has 9 nitrogen and oxygen atoms in total. The molecule has 0 atom stereocenters. The summed E-state index contributed by atoms with van der Waals surface area (Å²) in [4.78, 5) is 33.9. The molecule has 0 radical (unpaired) electrons. The van der Waals surface area contributed by atoms with Crippen LogP contribution in [0.25, 0.3) is 6.08 Å². The van der Waals surface area contributed by atoms with Crippen molar-refractivity contribution in [3.05, 3.63) is 104 Å². The predicted octanol–water partition coefficient (Wildman–Crippen LogP) is 5.07. The lowest BCUT2D eigenvalue weighted by molar-refractivity contribution is -0.384. The Morgan fingerprint density at radius 3 is 2.53 bits per heavy atom. The summed E-state index contributed by atoms with van der Waals surface area (Å²) in [6.07, 6.45) is 1.29. The van der Waals surface area contributed by atoms with Gasteiger partial charge in [-0.3, -0.25) is 14.9 Å². The second-order valence-electron chi connectivity index (χ2n) is 6.90. The Labute approximate surface area is 198 Å². The van der Waals surface area contributed by atoms with Crippen LogP contribution in [0.5, 0.6) is 5.75 Å². The zero-order chi connectivity index (χ0) is 24.7. The summed E-state index contributed by atoms with van der Waals surface area (Å²) in [6.45, 7) is 0.101. The maximum atomic E-state index is 12.6. The number of ether oxygens (including phenoxy) is 1. The van der Waals surface area contributed by atoms with E-state index in [1.807, 2.05) is 0 Å². The number of benzene rings is 3. The van der Waals surface area contributed by atoms with Gasteiger partial charge in [0.05, 0.1) is 10.5 Å². The fourth-order valence-electron chi connectivity index (χ4n) is 2.87. The number of hydrogen-bond acceptors (Lipinski definition) is 6. The number of carboxylic acids is 1. The molecule has 0 unspecified atom stereocenters. The van der Waals surface area contributed by atoms with Crippen molar-refractivity contribution in [2.24, 2.45) is 0 Å². The van der Waals surface area contributed by atoms with E-state index in [0.29, 0.717) is 21.9 Å². The van der Waals surface area contributed by atoms with E-state index >= 15 is 0 Å². The van der Waals surface area contributed by atoms with E-state index in [1.165, 1.54) is 48.5 Å². The number of carboxylic acid groups (broad SMARTS) is 1. The number of carbonyl (C=O) groups is 2. The molecule has 3 aromatic rings. The molecule has 0 heterocycles. The number of amides is 1. The molecule has 2 N–H and O–H groups in total. The first kappa shape index (κ1) is 24.0. The molecule has 0 aromatic heterocycles. The molecular formula is C24H16ClN3O6. The van der Waals surface area contributed by atoms with Crippen LogP contribution in [0.3, 0.4) is 0 Å². The number of nitrogens with one attached hydrogen (secondary N) is 1. The highest BCUT2D eigenvalue weighted by Crippen LogP contribution is 2.27. The molecule has 0 bridgehead atoms. The highest BCUT2D eigenvalue weighted by atomic mass is 35.5. The zero-order valence-corrected chi connectivity index (χ0v) is 18.2. The summed E-state index contributed by atoms with van der Waals surface area (Å²) in [5.41, 5.74) is 0.894. The molecule has 0 aliphatic carbocycles. The first-order valence-corrected chi connectivity index (χ1v) is 10.1. The average Bonchev–Trinajstić information content (AvgIpc) is 2.82. The molecule has 3 rings (SSSR count). The van der Waals surface area contributed by atoms with Crippen LogP contribution in [0.4, 0.5) is 11.4 Å². The van der Waals surface area contributed by atoms with Crippen molar-refractivity contribution in [2.75, 3.05) is 5.32 Å². The van der Waals surface area contributed by atoms with E-state index in [2.05, 4.69) is 5.32 Å². The molecular weight excluding hydrogens is 462 g/mol. The maximum absolute atomic E-state index is 12.6. The molecule has 10 heteroatoms. The Kier molecular flexibility index (Phi) is 7.59. The van der Waals surface area contributed by atoms with Crippen molar-refractivity contribution in [1.82, 2.24) is 0 Å². The van der Waals surface area contributed by atoms with Gasteiger partial charge in [0.2, 0.25) is 0 Å². The number of anilines is 1. The smallest absolute Gasteiger partial charge is 0.335 e. The minimum atomic E-state index is -1.04. The van der Waals surface area contributed by atoms with Gasteiger partial charge in [0, 0.05) is 28.4 Å². The maximum Gasteiger partial charge on any atom is 0.335 e. The number of nitro groups is 1. The van der Waals surface area contributed by atoms with E-state index in [1.54, 1.807) is 30.3 Å². The van der Waals surface area contributed by atoms with Crippen molar-refractivity contribution < 1.29 is 24.4 Å². The summed E-state index contributed by atoms with van der Waals surface area (Å²) < 4.78 is 5.80. The fourth-order valence-corrected chi connectivity index (χ4v) is 3.05. The highest BCUT2D eigenvalue weighted by molar-refractivity contribution is 6.30. The van der Waals surface area contributed by atoms with Crippen LogP contribution in [-0.2, 0) is 11.4 Å². The van der Waals surface area contributed by atoms with E-state index in [-0.39, 0.29) is 29.1 Å². The normalized spacial score (nSPS) is 10.8. The third kappa shape index (κ3) is 6.18. The fraction of sp³-hybridized carbons (Fsp3) is 0.0417. The monoisotopic (exact) mass is 477 g/mol. The number of rotatable bonds is 8. The molecule has 3 aromatic carbocycles. The molecule has 0 saturated carbocycles. The lowest BCUT2D eigenvalue weighted by Crippen LogP contribution is -2.13. The molecule has 0 spiro atoms. The molecule has 0 aliphatic rings. The number of nitro benzene ring substituents is 1. The van der Waals surface area contributed by atoms with Crippen molar-refractivity contribution in [1.29, 1.82) is 5.26 Å². The predicted molar refractivity (Wildman–Crippen MR) is 125 cm³/mol. The van der Waals surface area contributed by atoms with Crippen LogP contribution in [0.2, 0.25) is 5.02 Å². The molecule has 0 aliphatic heterocycles. The van der Waals surface area contributed by atoms with E-state index in [9.17, 15) is 25.0 Å². The largest absolute Gasteiger partial charge is 0.488 e. The van der Waals surface area contributed by atoms with Crippen LogP contribution in [0, 0.1) is 21.4 Å². The Bertz CT molecular complexity index is 1330. The zero-order valence-electron chi connectivity index (χ0n) is 17.4. The van der Waals surface area contributed by atoms with Gasteiger partial charge in [-0.1, -0.05) is 29.8 Å². The second-order valence-corrected chi connectivity index (χ2v) is 7.34. The summed E-state index contributed by atoms with van der Waals surface area (Å²) in [5.74, 6) is -1.47. The van der Waals surface area contributed by atoms with Crippen molar-refractivity contribution in [2.45, 2.75) is 6.61 Å². The third-order valence-corrected chi connectivity index (χ3v) is 4.78. The standard InChI is InChI=1S/C24H16ClN3O6/c25-19-8-9-22(34-14-15-4-6-16(7-5-15)24(30)31)17(11-19)10-18(13-26)23(29)27-20-2-1-3-21(12-20)28(32)33/h1-12H,14H2,(H,27,29)(H,30,31). The van der Waals surface area contributed by atoms with Gasteiger partial charge < -0.3 is 15.2 Å². The Balaban J connectivity index is 1.81. The molecule has 34 heavy (non-hydrogen) atoms. The number of nitrogens with zero attached hydrogens (tertiary/aromatic N) is 2. The first-order valence-electron chi connectivity index (χ1n) is 9.69. The second kappa shape index (κ2) is 10.8. The minimum absolute atomic E-state index is 0.101. The van der Waals surface area contributed by atoms with Crippen LogP contribution in [-0.4, -0.2) is 21.9 Å². The summed E-state index contributed by atoms with van der Waals surface area (Å²) >= 11 is 6.08. The Morgan fingerprint density at radius 1 is 1.15 bits per heavy atom. The van der Waals surface area contributed by atoms with Crippen molar-refractivity contribution >= 4 is 40.9 Å². The van der Waals surface area contributed by atoms with E-state index in [0.717, 1.165) is 0 Å². The summed E-state index contributed by atoms with van der Waals surface area (Å²) in [6, 6.07) is 17.9. The summed E-state index contributed by atoms with van der Waals surface area (Å²) in [7, 11) is 0. The van der Waals surface area contributed by atoms with Crippen LogP contribution in [0.1, 0.15) is 21.5 Å². The number of nitriles is 1. The summed E-state index contributed by atoms with van der Waals surface area (Å²) in [5, 5.41) is 32.2.